The normalized spacial score (nSPS) is 22.2. The van der Waals surface area contributed by atoms with Gasteiger partial charge in [-0.1, -0.05) is 12.1 Å². The van der Waals surface area contributed by atoms with E-state index in [2.05, 4.69) is 4.98 Å². The number of rotatable bonds is 4. The Bertz CT molecular complexity index is 702. The van der Waals surface area contributed by atoms with Gasteiger partial charge in [0.1, 0.15) is 10.6 Å². The van der Waals surface area contributed by atoms with Crippen molar-refractivity contribution in [2.45, 2.75) is 24.7 Å². The Morgan fingerprint density at radius 3 is 2.54 bits per heavy atom. The fourth-order valence-corrected chi connectivity index (χ4v) is 3.56. The Hall–Kier alpha value is -1.48. The van der Waals surface area contributed by atoms with E-state index < -0.39 is 17.3 Å². The third-order valence-electron chi connectivity index (χ3n) is 4.10. The van der Waals surface area contributed by atoms with Gasteiger partial charge in [0.25, 0.3) is 0 Å². The molecule has 2 N–H and O–H groups in total. The Morgan fingerprint density at radius 2 is 1.96 bits per heavy atom. The van der Waals surface area contributed by atoms with Crippen molar-refractivity contribution in [1.29, 1.82) is 0 Å². The van der Waals surface area contributed by atoms with Crippen LogP contribution < -0.4 is 0 Å². The molecule has 0 radical (unpaired) electrons. The van der Waals surface area contributed by atoms with E-state index in [-0.39, 0.29) is 6.61 Å². The minimum absolute atomic E-state index is 0.266. The van der Waals surface area contributed by atoms with Crippen molar-refractivity contribution in [1.82, 2.24) is 9.88 Å². The van der Waals surface area contributed by atoms with Crippen LogP contribution in [0.15, 0.2) is 29.6 Å². The standard InChI is InChI=1S/C16H17F3N2O2S/c17-16(18,19)12-3-1-11(2-4-12)14-20-13(8-24-14)7-21-6-5-15(23,9-21)10-22/h1-4,8,22-23H,5-7,9-10H2/t15-/m0/s1. The fourth-order valence-electron chi connectivity index (χ4n) is 2.75. The first-order chi connectivity index (χ1) is 11.3. The minimum Gasteiger partial charge on any atom is -0.393 e. The molecule has 130 valence electrons. The molecule has 0 spiro atoms. The summed E-state index contributed by atoms with van der Waals surface area (Å²) >= 11 is 1.37. The number of nitrogens with zero attached hydrogens (tertiary/aromatic N) is 2. The van der Waals surface area contributed by atoms with Crippen LogP contribution in [0.25, 0.3) is 10.6 Å². The van der Waals surface area contributed by atoms with Crippen molar-refractivity contribution < 1.29 is 23.4 Å². The summed E-state index contributed by atoms with van der Waals surface area (Å²) in [5.41, 5.74) is -0.278. The summed E-state index contributed by atoms with van der Waals surface area (Å²) in [6.07, 6.45) is -3.83. The van der Waals surface area contributed by atoms with Gasteiger partial charge in [-0.15, -0.1) is 11.3 Å². The quantitative estimate of drug-likeness (QED) is 0.883. The number of aromatic nitrogens is 1. The summed E-state index contributed by atoms with van der Waals surface area (Å²) in [5.74, 6) is 0. The van der Waals surface area contributed by atoms with Crippen LogP contribution in [0.4, 0.5) is 13.2 Å². The lowest BCUT2D eigenvalue weighted by atomic mass is 10.1. The lowest BCUT2D eigenvalue weighted by molar-refractivity contribution is -0.137. The number of thiazole rings is 1. The lowest BCUT2D eigenvalue weighted by Crippen LogP contribution is -2.36. The van der Waals surface area contributed by atoms with Crippen molar-refractivity contribution in [2.75, 3.05) is 19.7 Å². The molecule has 0 saturated carbocycles. The molecule has 1 atom stereocenters. The van der Waals surface area contributed by atoms with Crippen LogP contribution in [0.5, 0.6) is 0 Å². The van der Waals surface area contributed by atoms with Gasteiger partial charge in [0.15, 0.2) is 0 Å². The SMILES string of the molecule is OC[C@]1(O)CCN(Cc2csc(-c3ccc(C(F)(F)F)cc3)n2)C1. The highest BCUT2D eigenvalue weighted by Gasteiger charge is 2.35. The van der Waals surface area contributed by atoms with Gasteiger partial charge in [-0.25, -0.2) is 4.98 Å². The number of halogens is 3. The molecule has 2 heterocycles. The summed E-state index contributed by atoms with van der Waals surface area (Å²) < 4.78 is 37.8. The van der Waals surface area contributed by atoms with Crippen LogP contribution in [-0.4, -0.2) is 45.4 Å². The number of aliphatic hydroxyl groups excluding tert-OH is 1. The zero-order valence-electron chi connectivity index (χ0n) is 12.8. The third-order valence-corrected chi connectivity index (χ3v) is 5.04. The number of β-amino-alcohol motifs (C(OH)–C–C–N with tert-alkyl or cyclic N) is 1. The van der Waals surface area contributed by atoms with Crippen LogP contribution in [0, 0.1) is 0 Å². The molecule has 0 unspecified atom stereocenters. The van der Waals surface area contributed by atoms with E-state index in [0.29, 0.717) is 36.6 Å². The molecule has 0 amide bonds. The monoisotopic (exact) mass is 358 g/mol. The van der Waals surface area contributed by atoms with Gasteiger partial charge in [0, 0.05) is 30.6 Å². The van der Waals surface area contributed by atoms with Crippen molar-refractivity contribution in [3.05, 3.63) is 40.9 Å². The number of hydrogen-bond donors (Lipinski definition) is 2. The number of likely N-dealkylation sites (tertiary alicyclic amines) is 1. The van der Waals surface area contributed by atoms with Gasteiger partial charge >= 0.3 is 6.18 Å². The largest absolute Gasteiger partial charge is 0.416 e. The van der Waals surface area contributed by atoms with Gasteiger partial charge in [0.2, 0.25) is 0 Å². The van der Waals surface area contributed by atoms with E-state index >= 15 is 0 Å². The zero-order chi connectivity index (χ0) is 17.4. The maximum atomic E-state index is 12.6. The highest BCUT2D eigenvalue weighted by molar-refractivity contribution is 7.13. The molecule has 4 nitrogen and oxygen atoms in total. The van der Waals surface area contributed by atoms with E-state index in [1.807, 2.05) is 10.3 Å². The topological polar surface area (TPSA) is 56.6 Å². The van der Waals surface area contributed by atoms with Crippen molar-refractivity contribution in [3.8, 4) is 10.6 Å². The van der Waals surface area contributed by atoms with Crippen LogP contribution in [-0.2, 0) is 12.7 Å². The molecule has 24 heavy (non-hydrogen) atoms. The van der Waals surface area contributed by atoms with Crippen LogP contribution in [0.2, 0.25) is 0 Å². The Balaban J connectivity index is 1.68. The van der Waals surface area contributed by atoms with E-state index in [1.54, 1.807) is 0 Å². The zero-order valence-corrected chi connectivity index (χ0v) is 13.6. The molecule has 8 heteroatoms. The predicted molar refractivity (Wildman–Crippen MR) is 84.5 cm³/mol. The molecular formula is C16H17F3N2O2S. The van der Waals surface area contributed by atoms with E-state index in [4.69, 9.17) is 0 Å². The molecule has 1 saturated heterocycles. The molecule has 3 rings (SSSR count). The van der Waals surface area contributed by atoms with Crippen molar-refractivity contribution in [2.24, 2.45) is 0 Å². The number of alkyl halides is 3. The lowest BCUT2D eigenvalue weighted by Gasteiger charge is -2.20. The predicted octanol–water partition coefficient (Wildman–Crippen LogP) is 2.76. The smallest absolute Gasteiger partial charge is 0.393 e. The molecule has 1 aromatic heterocycles. The van der Waals surface area contributed by atoms with E-state index in [9.17, 15) is 23.4 Å². The number of benzene rings is 1. The van der Waals surface area contributed by atoms with Crippen molar-refractivity contribution in [3.63, 3.8) is 0 Å². The van der Waals surface area contributed by atoms with Gasteiger partial charge in [-0.05, 0) is 18.6 Å². The molecular weight excluding hydrogens is 341 g/mol. The van der Waals surface area contributed by atoms with Crippen LogP contribution in [0.1, 0.15) is 17.7 Å². The highest BCUT2D eigenvalue weighted by atomic mass is 32.1. The summed E-state index contributed by atoms with van der Waals surface area (Å²) in [7, 11) is 0. The molecule has 1 aromatic carbocycles. The summed E-state index contributed by atoms with van der Waals surface area (Å²) in [4.78, 5) is 6.46. The summed E-state index contributed by atoms with van der Waals surface area (Å²) in [6.45, 7) is 1.33. The van der Waals surface area contributed by atoms with Crippen LogP contribution >= 0.6 is 11.3 Å². The third kappa shape index (κ3) is 3.77. The second kappa shape index (κ2) is 6.44. The van der Waals surface area contributed by atoms with Gasteiger partial charge in [-0.3, -0.25) is 4.90 Å². The second-order valence-corrected chi connectivity index (χ2v) is 6.92. The molecule has 0 bridgehead atoms. The molecule has 1 aliphatic heterocycles. The van der Waals surface area contributed by atoms with Gasteiger partial charge in [0.05, 0.1) is 17.9 Å². The average Bonchev–Trinajstić information content (AvgIpc) is 3.15. The van der Waals surface area contributed by atoms with Gasteiger partial charge < -0.3 is 10.2 Å². The van der Waals surface area contributed by atoms with Crippen molar-refractivity contribution >= 4 is 11.3 Å². The Morgan fingerprint density at radius 1 is 1.25 bits per heavy atom. The summed E-state index contributed by atoms with van der Waals surface area (Å²) in [5, 5.41) is 21.7. The van der Waals surface area contributed by atoms with Crippen LogP contribution in [0.3, 0.4) is 0 Å². The second-order valence-electron chi connectivity index (χ2n) is 6.06. The molecule has 0 aliphatic carbocycles. The maximum absolute atomic E-state index is 12.6. The van der Waals surface area contributed by atoms with E-state index in [0.717, 1.165) is 17.8 Å². The minimum atomic E-state index is -4.34. The highest BCUT2D eigenvalue weighted by Crippen LogP contribution is 2.32. The van der Waals surface area contributed by atoms with E-state index in [1.165, 1.54) is 23.5 Å². The summed E-state index contributed by atoms with van der Waals surface area (Å²) in [6, 6.07) is 4.95. The number of aliphatic hydroxyl groups is 2. The molecule has 1 aliphatic rings. The molecule has 1 fully saturated rings. The fraction of sp³-hybridized carbons (Fsp3) is 0.438. The maximum Gasteiger partial charge on any atom is 0.416 e. The van der Waals surface area contributed by atoms with Gasteiger partial charge in [-0.2, -0.15) is 13.2 Å². The first-order valence-corrected chi connectivity index (χ1v) is 8.35. The first-order valence-electron chi connectivity index (χ1n) is 7.47. The number of hydrogen-bond acceptors (Lipinski definition) is 5. The Labute approximate surface area is 141 Å². The Kier molecular flexibility index (Phi) is 4.65. The average molecular weight is 358 g/mol. The molecule has 2 aromatic rings. The first kappa shape index (κ1) is 17.3.